The normalized spacial score (nSPS) is 16.0. The number of hydrogen-bond donors (Lipinski definition) is 2. The highest BCUT2D eigenvalue weighted by Crippen LogP contribution is 2.31. The second kappa shape index (κ2) is 3.78. The molecule has 8 heteroatoms. The Morgan fingerprint density at radius 2 is 2.20 bits per heavy atom. The largest absolute Gasteiger partial charge is 0.480 e. The van der Waals surface area contributed by atoms with Crippen LogP contribution in [0.4, 0.5) is 13.2 Å². The Bertz CT molecular complexity index is 352. The summed E-state index contributed by atoms with van der Waals surface area (Å²) in [7, 11) is 0. The Kier molecular flexibility index (Phi) is 3.00. The zero-order chi connectivity index (χ0) is 11.7. The number of carboxylic acids is 1. The van der Waals surface area contributed by atoms with Crippen LogP contribution in [0.5, 0.6) is 0 Å². The van der Waals surface area contributed by atoms with Gasteiger partial charge in [-0.2, -0.15) is 13.2 Å². The second-order valence-corrected chi connectivity index (χ2v) is 3.86. The Hall–Kier alpha value is -1.15. The van der Waals surface area contributed by atoms with E-state index in [0.29, 0.717) is 0 Å². The Morgan fingerprint density at radius 3 is 2.53 bits per heavy atom. The number of thiazole rings is 1. The van der Waals surface area contributed by atoms with Crippen LogP contribution in [0.3, 0.4) is 0 Å². The van der Waals surface area contributed by atoms with Crippen LogP contribution in [0, 0.1) is 0 Å². The molecule has 0 aliphatic carbocycles. The Morgan fingerprint density at radius 1 is 1.60 bits per heavy atom. The van der Waals surface area contributed by atoms with Crippen molar-refractivity contribution in [3.8, 4) is 0 Å². The molecule has 0 saturated heterocycles. The minimum absolute atomic E-state index is 0.0391. The van der Waals surface area contributed by atoms with E-state index in [1.165, 1.54) is 11.6 Å². The van der Waals surface area contributed by atoms with Gasteiger partial charge in [0.25, 0.3) is 0 Å². The zero-order valence-electron chi connectivity index (χ0n) is 7.28. The van der Waals surface area contributed by atoms with Crippen molar-refractivity contribution < 1.29 is 23.1 Å². The molecular weight excluding hydrogens is 233 g/mol. The maximum absolute atomic E-state index is 12.4. The van der Waals surface area contributed by atoms with Gasteiger partial charge in [-0.05, 0) is 0 Å². The second-order valence-electron chi connectivity index (χ2n) is 2.88. The molecule has 15 heavy (non-hydrogen) atoms. The molecule has 1 heterocycles. The highest BCUT2D eigenvalue weighted by Gasteiger charge is 2.58. The van der Waals surface area contributed by atoms with Gasteiger partial charge in [0.05, 0.1) is 5.01 Å². The predicted octanol–water partition coefficient (Wildman–Crippen LogP) is 1.03. The molecule has 3 N–H and O–H groups in total. The van der Waals surface area contributed by atoms with E-state index >= 15 is 0 Å². The van der Waals surface area contributed by atoms with Crippen LogP contribution < -0.4 is 5.73 Å². The summed E-state index contributed by atoms with van der Waals surface area (Å²) in [5.74, 6) is -2.11. The number of carbonyl (C=O) groups is 1. The average Bonchev–Trinajstić information content (AvgIpc) is 2.54. The van der Waals surface area contributed by atoms with Crippen molar-refractivity contribution in [1.82, 2.24) is 4.98 Å². The highest BCUT2D eigenvalue weighted by atomic mass is 32.1. The summed E-state index contributed by atoms with van der Waals surface area (Å²) < 4.78 is 37.3. The third-order valence-electron chi connectivity index (χ3n) is 1.80. The average molecular weight is 240 g/mol. The summed E-state index contributed by atoms with van der Waals surface area (Å²) in [5, 5.41) is 9.99. The molecule has 0 aromatic carbocycles. The molecule has 1 atom stereocenters. The number of halogens is 3. The summed E-state index contributed by atoms with van der Waals surface area (Å²) in [6.07, 6.45) is -4.58. The quantitative estimate of drug-likeness (QED) is 0.827. The van der Waals surface area contributed by atoms with E-state index in [1.807, 2.05) is 0 Å². The van der Waals surface area contributed by atoms with Crippen molar-refractivity contribution in [2.45, 2.75) is 18.1 Å². The van der Waals surface area contributed by atoms with Crippen molar-refractivity contribution in [3.05, 3.63) is 16.6 Å². The summed E-state index contributed by atoms with van der Waals surface area (Å²) in [5.41, 5.74) is 1.58. The molecule has 0 bridgehead atoms. The van der Waals surface area contributed by atoms with Gasteiger partial charge in [0.15, 0.2) is 0 Å². The van der Waals surface area contributed by atoms with E-state index in [2.05, 4.69) is 4.98 Å². The summed E-state index contributed by atoms with van der Waals surface area (Å²) in [4.78, 5) is 14.1. The van der Waals surface area contributed by atoms with E-state index in [0.717, 1.165) is 11.3 Å². The first-order valence-electron chi connectivity index (χ1n) is 3.75. The van der Waals surface area contributed by atoms with E-state index in [4.69, 9.17) is 10.8 Å². The number of hydrogen-bond acceptors (Lipinski definition) is 4. The van der Waals surface area contributed by atoms with Crippen molar-refractivity contribution >= 4 is 17.3 Å². The number of carboxylic acid groups (broad SMARTS) is 1. The fraction of sp³-hybridized carbons (Fsp3) is 0.429. The third kappa shape index (κ3) is 2.26. The van der Waals surface area contributed by atoms with Gasteiger partial charge in [0, 0.05) is 18.0 Å². The van der Waals surface area contributed by atoms with Crippen LogP contribution in [0.1, 0.15) is 5.01 Å². The maximum Gasteiger partial charge on any atom is 0.417 e. The van der Waals surface area contributed by atoms with Gasteiger partial charge >= 0.3 is 12.1 Å². The molecule has 0 spiro atoms. The first kappa shape index (κ1) is 11.9. The SMILES string of the molecule is NC(Cc1nccs1)(C(=O)O)C(F)(F)F. The van der Waals surface area contributed by atoms with Crippen LogP contribution in [0.25, 0.3) is 0 Å². The molecule has 1 unspecified atom stereocenters. The molecule has 0 aliphatic rings. The smallest absolute Gasteiger partial charge is 0.417 e. The summed E-state index contributed by atoms with van der Waals surface area (Å²) in [6, 6.07) is 0. The van der Waals surface area contributed by atoms with Gasteiger partial charge in [-0.25, -0.2) is 9.78 Å². The lowest BCUT2D eigenvalue weighted by atomic mass is 9.96. The van der Waals surface area contributed by atoms with Crippen LogP contribution >= 0.6 is 11.3 Å². The van der Waals surface area contributed by atoms with Crippen LogP contribution in [-0.4, -0.2) is 27.8 Å². The molecule has 84 valence electrons. The van der Waals surface area contributed by atoms with Gasteiger partial charge in [-0.1, -0.05) is 0 Å². The summed E-state index contributed by atoms with van der Waals surface area (Å²) in [6.45, 7) is 0. The predicted molar refractivity (Wildman–Crippen MR) is 46.4 cm³/mol. The monoisotopic (exact) mass is 240 g/mol. The number of nitrogens with two attached hydrogens (primary N) is 1. The molecule has 1 aromatic rings. The summed E-state index contributed by atoms with van der Waals surface area (Å²) >= 11 is 0.929. The lowest BCUT2D eigenvalue weighted by Gasteiger charge is -2.26. The zero-order valence-corrected chi connectivity index (χ0v) is 8.10. The van der Waals surface area contributed by atoms with Gasteiger partial charge in [-0.3, -0.25) is 0 Å². The molecule has 1 rings (SSSR count). The van der Waals surface area contributed by atoms with Gasteiger partial charge in [-0.15, -0.1) is 11.3 Å². The van der Waals surface area contributed by atoms with Gasteiger partial charge < -0.3 is 10.8 Å². The standard InChI is InChI=1S/C7H7F3N2O2S/c8-7(9,10)6(11,5(13)14)3-4-12-1-2-15-4/h1-2H,3,11H2,(H,13,14). The molecule has 0 saturated carbocycles. The fourth-order valence-corrected chi connectivity index (χ4v) is 1.59. The molecule has 0 fully saturated rings. The van der Waals surface area contributed by atoms with Gasteiger partial charge in [0.1, 0.15) is 0 Å². The topological polar surface area (TPSA) is 76.2 Å². The van der Waals surface area contributed by atoms with Crippen molar-refractivity contribution in [3.63, 3.8) is 0 Å². The number of aliphatic carboxylic acids is 1. The molecule has 4 nitrogen and oxygen atoms in total. The lowest BCUT2D eigenvalue weighted by molar-refractivity contribution is -0.201. The molecular formula is C7H7F3N2O2S. The minimum atomic E-state index is -5.01. The van der Waals surface area contributed by atoms with E-state index < -0.39 is 24.1 Å². The lowest BCUT2D eigenvalue weighted by Crippen LogP contribution is -2.61. The fourth-order valence-electron chi connectivity index (χ4n) is 0.876. The molecule has 1 aromatic heterocycles. The van der Waals surface area contributed by atoms with Crippen LogP contribution in [-0.2, 0) is 11.2 Å². The van der Waals surface area contributed by atoms with Crippen molar-refractivity contribution in [2.75, 3.05) is 0 Å². The third-order valence-corrected chi connectivity index (χ3v) is 2.58. The number of aromatic nitrogens is 1. The molecule has 0 amide bonds. The maximum atomic E-state index is 12.4. The first-order valence-corrected chi connectivity index (χ1v) is 4.63. The molecule has 0 aliphatic heterocycles. The van der Waals surface area contributed by atoms with E-state index in [-0.39, 0.29) is 5.01 Å². The minimum Gasteiger partial charge on any atom is -0.480 e. The van der Waals surface area contributed by atoms with Crippen LogP contribution in [0.2, 0.25) is 0 Å². The van der Waals surface area contributed by atoms with Crippen LogP contribution in [0.15, 0.2) is 11.6 Å². The van der Waals surface area contributed by atoms with E-state index in [9.17, 15) is 18.0 Å². The number of rotatable bonds is 3. The highest BCUT2D eigenvalue weighted by molar-refractivity contribution is 7.09. The molecule has 0 radical (unpaired) electrons. The van der Waals surface area contributed by atoms with Crippen molar-refractivity contribution in [1.29, 1.82) is 0 Å². The van der Waals surface area contributed by atoms with Crippen molar-refractivity contribution in [2.24, 2.45) is 5.73 Å². The van der Waals surface area contributed by atoms with Gasteiger partial charge in [0.2, 0.25) is 5.54 Å². The Labute approximate surface area is 86.5 Å². The van der Waals surface area contributed by atoms with E-state index in [1.54, 1.807) is 0 Å². The number of nitrogens with zero attached hydrogens (tertiary/aromatic N) is 1. The Balaban J connectivity index is 2.99. The number of alkyl halides is 3. The first-order chi connectivity index (χ1) is 6.77.